The van der Waals surface area contributed by atoms with Crippen LogP contribution >= 0.6 is 0 Å². The van der Waals surface area contributed by atoms with Crippen molar-refractivity contribution in [3.8, 4) is 0 Å². The molecule has 7 heteroatoms. The number of hydrogen-bond donors (Lipinski definition) is 3. The Hall–Kier alpha value is -1.96. The van der Waals surface area contributed by atoms with Crippen molar-refractivity contribution in [2.24, 2.45) is 11.8 Å². The zero-order chi connectivity index (χ0) is 18.6. The number of hydrazine groups is 1. The summed E-state index contributed by atoms with van der Waals surface area (Å²) in [6.45, 7) is 4.26. The maximum absolute atomic E-state index is 13.0. The molecule has 0 radical (unpaired) electrons. The summed E-state index contributed by atoms with van der Waals surface area (Å²) in [7, 11) is 0. The van der Waals surface area contributed by atoms with Gasteiger partial charge in [-0.3, -0.25) is 25.3 Å². The Kier molecular flexibility index (Phi) is 5.71. The highest BCUT2D eigenvalue weighted by Crippen LogP contribution is 2.32. The number of carbonyl (C=O) groups excluding carboxylic acids is 2. The topological polar surface area (TPSA) is 76.7 Å². The predicted molar refractivity (Wildman–Crippen MR) is 104 cm³/mol. The molecule has 0 bridgehead atoms. The van der Waals surface area contributed by atoms with Gasteiger partial charge in [0.25, 0.3) is 0 Å². The van der Waals surface area contributed by atoms with E-state index in [0.29, 0.717) is 25.6 Å². The van der Waals surface area contributed by atoms with Crippen LogP contribution in [0.4, 0.5) is 5.69 Å². The smallest absolute Gasteiger partial charge is 0.238 e. The van der Waals surface area contributed by atoms with E-state index in [0.717, 1.165) is 38.2 Å². The number of piperazine rings is 1. The lowest BCUT2D eigenvalue weighted by molar-refractivity contribution is -0.139. The van der Waals surface area contributed by atoms with Gasteiger partial charge >= 0.3 is 0 Å². The van der Waals surface area contributed by atoms with Crippen molar-refractivity contribution in [2.75, 3.05) is 44.6 Å². The van der Waals surface area contributed by atoms with Gasteiger partial charge in [0.2, 0.25) is 11.8 Å². The Balaban J connectivity index is 1.25. The number of nitrogens with one attached hydrogen (secondary N) is 3. The summed E-state index contributed by atoms with van der Waals surface area (Å²) in [5, 5.41) is 2.92. The Bertz CT molecular complexity index is 660. The molecule has 3 unspecified atom stereocenters. The first-order valence-electron chi connectivity index (χ1n) is 10.0. The highest BCUT2D eigenvalue weighted by molar-refractivity contribution is 5.92. The molecule has 2 aliphatic heterocycles. The fourth-order valence-electron chi connectivity index (χ4n) is 4.61. The van der Waals surface area contributed by atoms with Gasteiger partial charge < -0.3 is 10.2 Å². The maximum atomic E-state index is 13.0. The quantitative estimate of drug-likeness (QED) is 0.725. The number of amides is 2. The van der Waals surface area contributed by atoms with Crippen LogP contribution in [0.25, 0.3) is 0 Å². The van der Waals surface area contributed by atoms with E-state index in [1.807, 2.05) is 35.2 Å². The zero-order valence-corrected chi connectivity index (χ0v) is 15.7. The second-order valence-electron chi connectivity index (χ2n) is 7.86. The average molecular weight is 371 g/mol. The Morgan fingerprint density at radius 2 is 1.85 bits per heavy atom. The number of para-hydroxylation sites is 1. The second kappa shape index (κ2) is 8.37. The largest absolute Gasteiger partial charge is 0.340 e. The van der Waals surface area contributed by atoms with Crippen LogP contribution < -0.4 is 16.2 Å². The van der Waals surface area contributed by atoms with E-state index in [2.05, 4.69) is 21.1 Å². The summed E-state index contributed by atoms with van der Waals surface area (Å²) in [6.07, 6.45) is 3.33. The van der Waals surface area contributed by atoms with E-state index in [1.54, 1.807) is 0 Å². The number of carbonyl (C=O) groups is 2. The third kappa shape index (κ3) is 4.31. The van der Waals surface area contributed by atoms with Crippen LogP contribution in [-0.2, 0) is 9.59 Å². The molecular formula is C20H29N5O2. The summed E-state index contributed by atoms with van der Waals surface area (Å²) in [5.74, 6) is 0.953. The van der Waals surface area contributed by atoms with E-state index in [-0.39, 0.29) is 23.8 Å². The van der Waals surface area contributed by atoms with Crippen molar-refractivity contribution in [1.29, 1.82) is 0 Å². The number of rotatable bonds is 4. The van der Waals surface area contributed by atoms with Gasteiger partial charge in [0.05, 0.1) is 12.5 Å². The number of anilines is 1. The fraction of sp³-hybridized carbons (Fsp3) is 0.600. The summed E-state index contributed by atoms with van der Waals surface area (Å²) in [4.78, 5) is 29.4. The number of benzene rings is 1. The normalized spacial score (nSPS) is 28.6. The van der Waals surface area contributed by atoms with Gasteiger partial charge in [-0.1, -0.05) is 24.6 Å². The van der Waals surface area contributed by atoms with Crippen molar-refractivity contribution < 1.29 is 9.59 Å². The molecule has 7 nitrogen and oxygen atoms in total. The van der Waals surface area contributed by atoms with Crippen molar-refractivity contribution in [3.63, 3.8) is 0 Å². The highest BCUT2D eigenvalue weighted by atomic mass is 16.2. The molecule has 1 aromatic rings. The lowest BCUT2D eigenvalue weighted by Crippen LogP contribution is -2.55. The molecule has 3 atom stereocenters. The van der Waals surface area contributed by atoms with Crippen molar-refractivity contribution in [3.05, 3.63) is 30.3 Å². The fourth-order valence-corrected chi connectivity index (χ4v) is 4.61. The van der Waals surface area contributed by atoms with Gasteiger partial charge in [-0.2, -0.15) is 0 Å². The average Bonchev–Trinajstić information content (AvgIpc) is 3.17. The molecule has 3 aliphatic rings. The van der Waals surface area contributed by atoms with Crippen LogP contribution in [0, 0.1) is 11.8 Å². The second-order valence-corrected chi connectivity index (χ2v) is 7.86. The van der Waals surface area contributed by atoms with Gasteiger partial charge in [-0.25, -0.2) is 0 Å². The van der Waals surface area contributed by atoms with E-state index < -0.39 is 0 Å². The minimum Gasteiger partial charge on any atom is -0.340 e. The number of hydrogen-bond acceptors (Lipinski definition) is 5. The zero-order valence-electron chi connectivity index (χ0n) is 15.7. The molecule has 1 saturated carbocycles. The van der Waals surface area contributed by atoms with Crippen molar-refractivity contribution in [2.45, 2.75) is 25.3 Å². The van der Waals surface area contributed by atoms with E-state index >= 15 is 0 Å². The van der Waals surface area contributed by atoms with Gasteiger partial charge in [0, 0.05) is 44.5 Å². The SMILES string of the molecule is O=C(CN1CCN(C(=O)C2CCCC3CNNC32)CC1)Nc1ccccc1. The molecular weight excluding hydrogens is 342 g/mol. The lowest BCUT2D eigenvalue weighted by Gasteiger charge is -2.39. The molecule has 1 aliphatic carbocycles. The summed E-state index contributed by atoms with van der Waals surface area (Å²) in [5.41, 5.74) is 7.37. The van der Waals surface area contributed by atoms with E-state index in [9.17, 15) is 9.59 Å². The van der Waals surface area contributed by atoms with Crippen molar-refractivity contribution >= 4 is 17.5 Å². The molecule has 2 saturated heterocycles. The maximum Gasteiger partial charge on any atom is 0.238 e. The molecule has 2 amide bonds. The van der Waals surface area contributed by atoms with Crippen LogP contribution in [-0.4, -0.2) is 66.9 Å². The van der Waals surface area contributed by atoms with Gasteiger partial charge in [0.1, 0.15) is 0 Å². The molecule has 0 aromatic heterocycles. The van der Waals surface area contributed by atoms with Crippen LogP contribution in [0.5, 0.6) is 0 Å². The van der Waals surface area contributed by atoms with E-state index in [1.165, 1.54) is 6.42 Å². The molecule has 0 spiro atoms. The molecule has 146 valence electrons. The molecule has 3 N–H and O–H groups in total. The summed E-state index contributed by atoms with van der Waals surface area (Å²) >= 11 is 0. The summed E-state index contributed by atoms with van der Waals surface area (Å²) < 4.78 is 0. The Morgan fingerprint density at radius 3 is 2.63 bits per heavy atom. The molecule has 3 fully saturated rings. The summed E-state index contributed by atoms with van der Waals surface area (Å²) in [6, 6.07) is 9.79. The van der Waals surface area contributed by atoms with Crippen molar-refractivity contribution in [1.82, 2.24) is 20.7 Å². The van der Waals surface area contributed by atoms with Crippen LogP contribution in [0.15, 0.2) is 30.3 Å². The first-order chi connectivity index (χ1) is 13.2. The standard InChI is InChI=1S/C20H29N5O2/c26-18(22-16-6-2-1-3-7-16)14-24-9-11-25(12-10-24)20(27)17-8-4-5-15-13-21-23-19(15)17/h1-3,6-7,15,17,19,21,23H,4-5,8-14H2,(H,22,26). The van der Waals surface area contributed by atoms with Crippen LogP contribution in [0.1, 0.15) is 19.3 Å². The number of nitrogens with zero attached hydrogens (tertiary/aromatic N) is 2. The van der Waals surface area contributed by atoms with Gasteiger partial charge in [-0.15, -0.1) is 0 Å². The molecule has 27 heavy (non-hydrogen) atoms. The molecule has 1 aromatic carbocycles. The minimum atomic E-state index is -0.00247. The molecule has 4 rings (SSSR count). The highest BCUT2D eigenvalue weighted by Gasteiger charge is 2.42. The Labute approximate surface area is 160 Å². The monoisotopic (exact) mass is 371 g/mol. The van der Waals surface area contributed by atoms with Gasteiger partial charge in [0.15, 0.2) is 0 Å². The van der Waals surface area contributed by atoms with E-state index in [4.69, 9.17) is 0 Å². The number of fused-ring (bicyclic) bond motifs is 1. The Morgan fingerprint density at radius 1 is 1.07 bits per heavy atom. The van der Waals surface area contributed by atoms with Crippen LogP contribution in [0.2, 0.25) is 0 Å². The minimum absolute atomic E-state index is 0.00247. The molecule has 2 heterocycles. The lowest BCUT2D eigenvalue weighted by atomic mass is 9.77. The first kappa shape index (κ1) is 18.4. The third-order valence-electron chi connectivity index (χ3n) is 6.09. The van der Waals surface area contributed by atoms with Crippen LogP contribution in [0.3, 0.4) is 0 Å². The van der Waals surface area contributed by atoms with Gasteiger partial charge in [-0.05, 0) is 30.9 Å². The first-order valence-corrected chi connectivity index (χ1v) is 10.0. The third-order valence-corrected chi connectivity index (χ3v) is 6.09. The predicted octanol–water partition coefficient (Wildman–Crippen LogP) is 0.662.